The van der Waals surface area contributed by atoms with Crippen molar-refractivity contribution in [2.45, 2.75) is 229 Å². The molecule has 58 heavy (non-hydrogen) atoms. The molecule has 0 amide bonds. The number of ether oxygens (including phenoxy) is 5. The maximum atomic E-state index is 13.2. The van der Waals surface area contributed by atoms with Gasteiger partial charge in [0.2, 0.25) is 0 Å². The number of aliphatic hydroxyl groups is 8. The van der Waals surface area contributed by atoms with E-state index in [1.165, 1.54) is 103 Å². The number of unbranched alkanes of at least 4 members (excludes halogenated alkanes) is 15. The Morgan fingerprint density at radius 1 is 0.655 bits per heavy atom. The third kappa shape index (κ3) is 16.7. The second-order valence-electron chi connectivity index (χ2n) is 17.6. The number of hydrogen-bond acceptors (Lipinski definition) is 14. The molecule has 1 saturated carbocycles. The minimum absolute atomic E-state index is 0.153. The van der Waals surface area contributed by atoms with Crippen molar-refractivity contribution in [1.82, 2.24) is 0 Å². The molecule has 16 atom stereocenters. The molecule has 2 saturated heterocycles. The Bertz CT molecular complexity index is 1080. The Hall–Kier alpha value is -1.01. The summed E-state index contributed by atoms with van der Waals surface area (Å²) in [5, 5.41) is 82.5. The molecule has 8 N–H and O–H groups in total. The predicted octanol–water partition coefficient (Wildman–Crippen LogP) is 4.26. The van der Waals surface area contributed by atoms with Gasteiger partial charge >= 0.3 is 5.97 Å². The minimum atomic E-state index is -1.83. The molecule has 3 rings (SSSR count). The zero-order valence-electron chi connectivity index (χ0n) is 36.0. The molecule has 0 aromatic heterocycles. The van der Waals surface area contributed by atoms with Crippen LogP contribution >= 0.6 is 0 Å². The van der Waals surface area contributed by atoms with Crippen LogP contribution in [0.4, 0.5) is 0 Å². The van der Waals surface area contributed by atoms with Gasteiger partial charge in [-0.2, -0.15) is 0 Å². The Morgan fingerprint density at radius 2 is 1.12 bits per heavy atom. The molecule has 342 valence electrons. The Kier molecular flexibility index (Phi) is 24.6. The van der Waals surface area contributed by atoms with E-state index >= 15 is 0 Å². The second kappa shape index (κ2) is 27.8. The first-order chi connectivity index (χ1) is 27.9. The first-order valence-corrected chi connectivity index (χ1v) is 22.9. The summed E-state index contributed by atoms with van der Waals surface area (Å²) in [7, 11) is 1.78. The molecule has 0 spiro atoms. The molecule has 1 aliphatic carbocycles. The maximum Gasteiger partial charge on any atom is 0.311 e. The van der Waals surface area contributed by atoms with Gasteiger partial charge in [0.05, 0.1) is 24.7 Å². The minimum Gasteiger partial charge on any atom is -0.463 e. The van der Waals surface area contributed by atoms with Gasteiger partial charge in [-0.15, -0.1) is 0 Å². The van der Waals surface area contributed by atoms with Gasteiger partial charge in [0, 0.05) is 7.11 Å². The number of aliphatic hydroxyl groups excluding tert-OH is 8. The normalized spacial score (nSPS) is 33.4. The lowest BCUT2D eigenvalue weighted by atomic mass is 9.91. The molecular weight excluding hydrogens is 752 g/mol. The average molecular weight is 835 g/mol. The lowest BCUT2D eigenvalue weighted by Gasteiger charge is -2.44. The van der Waals surface area contributed by atoms with Gasteiger partial charge in [0.25, 0.3) is 0 Å². The highest BCUT2D eigenvalue weighted by Crippen LogP contribution is 2.47. The van der Waals surface area contributed by atoms with Crippen molar-refractivity contribution in [3.63, 3.8) is 0 Å². The monoisotopic (exact) mass is 835 g/mol. The molecule has 3 fully saturated rings. The third-order valence-corrected chi connectivity index (χ3v) is 13.0. The van der Waals surface area contributed by atoms with Crippen LogP contribution in [0.1, 0.15) is 156 Å². The molecule has 0 aromatic carbocycles. The van der Waals surface area contributed by atoms with Gasteiger partial charge in [0.15, 0.2) is 12.6 Å². The summed E-state index contributed by atoms with van der Waals surface area (Å²) in [6.07, 6.45) is 8.14. The summed E-state index contributed by atoms with van der Waals surface area (Å²) in [4.78, 5) is 13.2. The molecule has 0 aromatic rings. The number of methoxy groups -OCH3 is 1. The fraction of sp³-hybridized carbons (Fsp3) is 0.977. The predicted molar refractivity (Wildman–Crippen MR) is 217 cm³/mol. The zero-order valence-corrected chi connectivity index (χ0v) is 36.0. The molecule has 14 heteroatoms. The number of carbonyl (C=O) groups excluding carboxylic acids is 1. The van der Waals surface area contributed by atoms with Crippen molar-refractivity contribution in [1.29, 1.82) is 0 Å². The van der Waals surface area contributed by atoms with E-state index in [2.05, 4.69) is 13.8 Å². The lowest BCUT2D eigenvalue weighted by Crippen LogP contribution is -2.63. The maximum absolute atomic E-state index is 13.2. The van der Waals surface area contributed by atoms with Gasteiger partial charge in [-0.1, -0.05) is 124 Å². The van der Waals surface area contributed by atoms with E-state index in [9.17, 15) is 45.6 Å². The standard InChI is InChI=1S/C44H82O14/c1-5-7-8-9-10-11-12-13-14-15-16-17-18-19-20-21-22-28(3)33(54-4)25-30-23-29(30)24-32(46)31(6-2)42(53)55-27-35-37(48)39(50)41(52)44(57-35)58-43-40(51)38(49)36(47)34(26-45)56-43/h28-41,43-52H,5-27H2,1-4H3/t28-,29-,30+,31+,32+,33-,34?,35?,36?,37?,38?,39?,40?,41?,43?,44?/m0/s1. The van der Waals surface area contributed by atoms with Gasteiger partial charge in [-0.25, -0.2) is 0 Å². The van der Waals surface area contributed by atoms with Gasteiger partial charge in [-0.05, 0) is 49.9 Å². The molecule has 0 bridgehead atoms. The van der Waals surface area contributed by atoms with Crippen molar-refractivity contribution >= 4 is 5.97 Å². The van der Waals surface area contributed by atoms with E-state index in [-0.39, 0.29) is 12.0 Å². The van der Waals surface area contributed by atoms with Crippen LogP contribution in [-0.4, -0.2) is 141 Å². The van der Waals surface area contributed by atoms with Crippen LogP contribution in [0.2, 0.25) is 0 Å². The topological polar surface area (TPSA) is 225 Å². The fourth-order valence-electron chi connectivity index (χ4n) is 8.77. The first-order valence-electron chi connectivity index (χ1n) is 22.9. The average Bonchev–Trinajstić information content (AvgIpc) is 3.95. The van der Waals surface area contributed by atoms with Crippen molar-refractivity contribution < 1.29 is 69.3 Å². The van der Waals surface area contributed by atoms with Crippen LogP contribution in [0, 0.1) is 23.7 Å². The molecule has 0 radical (unpaired) electrons. The van der Waals surface area contributed by atoms with Crippen LogP contribution in [0.15, 0.2) is 0 Å². The van der Waals surface area contributed by atoms with E-state index < -0.39 is 92.6 Å². The van der Waals surface area contributed by atoms with E-state index in [1.807, 2.05) is 0 Å². The summed E-state index contributed by atoms with van der Waals surface area (Å²) in [5.74, 6) is -0.387. The van der Waals surface area contributed by atoms with E-state index in [4.69, 9.17) is 23.7 Å². The highest BCUT2D eigenvalue weighted by molar-refractivity contribution is 5.73. The van der Waals surface area contributed by atoms with Crippen LogP contribution in [-0.2, 0) is 28.5 Å². The largest absolute Gasteiger partial charge is 0.463 e. The van der Waals surface area contributed by atoms with Gasteiger partial charge < -0.3 is 64.5 Å². The quantitative estimate of drug-likeness (QED) is 0.0361. The lowest BCUT2D eigenvalue weighted by molar-refractivity contribution is -0.376. The second-order valence-corrected chi connectivity index (χ2v) is 17.6. The van der Waals surface area contributed by atoms with Crippen molar-refractivity contribution in [3.05, 3.63) is 0 Å². The number of carbonyl (C=O) groups is 1. The molecule has 3 aliphatic rings. The third-order valence-electron chi connectivity index (χ3n) is 13.0. The molecule has 14 nitrogen and oxygen atoms in total. The first kappa shape index (κ1) is 51.3. The fourth-order valence-corrected chi connectivity index (χ4v) is 8.77. The smallest absolute Gasteiger partial charge is 0.311 e. The van der Waals surface area contributed by atoms with Crippen molar-refractivity contribution in [3.8, 4) is 0 Å². The van der Waals surface area contributed by atoms with Crippen molar-refractivity contribution in [2.24, 2.45) is 23.7 Å². The Labute approximate surface area is 347 Å². The zero-order chi connectivity index (χ0) is 42.6. The highest BCUT2D eigenvalue weighted by Gasteiger charge is 2.50. The van der Waals surface area contributed by atoms with Crippen LogP contribution in [0.5, 0.6) is 0 Å². The Morgan fingerprint density at radius 3 is 1.60 bits per heavy atom. The van der Waals surface area contributed by atoms with E-state index in [1.54, 1.807) is 14.0 Å². The van der Waals surface area contributed by atoms with Crippen LogP contribution in [0.3, 0.4) is 0 Å². The van der Waals surface area contributed by atoms with Gasteiger partial charge in [0.1, 0.15) is 55.4 Å². The summed E-state index contributed by atoms with van der Waals surface area (Å²) >= 11 is 0. The van der Waals surface area contributed by atoms with E-state index in [0.717, 1.165) is 19.3 Å². The SMILES string of the molecule is CCCCCCCCCCCCCCCCCC[C@H](C)[C@H](C[C@H]1C[C@H]1C[C@@H](O)[C@@H](CC)C(=O)OCC1OC(OC2OC(CO)C(O)C(O)C2O)C(O)C(O)C1O)OC. The summed E-state index contributed by atoms with van der Waals surface area (Å²) in [6.45, 7) is 5.06. The van der Waals surface area contributed by atoms with Crippen molar-refractivity contribution in [2.75, 3.05) is 20.3 Å². The number of rotatable bonds is 31. The van der Waals surface area contributed by atoms with Crippen LogP contribution in [0.25, 0.3) is 0 Å². The van der Waals surface area contributed by atoms with Crippen LogP contribution < -0.4 is 0 Å². The number of esters is 1. The summed E-state index contributed by atoms with van der Waals surface area (Å²) in [5.41, 5.74) is 0. The summed E-state index contributed by atoms with van der Waals surface area (Å²) in [6, 6.07) is 0. The molecular formula is C44H82O14. The summed E-state index contributed by atoms with van der Waals surface area (Å²) < 4.78 is 27.7. The molecule has 2 heterocycles. The number of hydrogen-bond donors (Lipinski definition) is 8. The highest BCUT2D eigenvalue weighted by atomic mass is 16.8. The Balaban J connectivity index is 1.31. The van der Waals surface area contributed by atoms with Gasteiger partial charge in [-0.3, -0.25) is 4.79 Å². The molecule has 2 aliphatic heterocycles. The molecule has 10 unspecified atom stereocenters. The van der Waals surface area contributed by atoms with E-state index in [0.29, 0.717) is 24.7 Å².